The number of halogens is 3. The number of nitrogens with zero attached hydrogens (tertiary/aromatic N) is 1. The number of likely N-dealkylation sites (tertiary alicyclic amines) is 1. The average molecular weight is 254 g/mol. The Morgan fingerprint density at radius 2 is 1.88 bits per heavy atom. The van der Waals surface area contributed by atoms with Crippen LogP contribution in [0.4, 0.5) is 18.0 Å². The highest BCUT2D eigenvalue weighted by atomic mass is 19.4. The first kappa shape index (κ1) is 13.3. The van der Waals surface area contributed by atoms with Crippen molar-refractivity contribution in [3.8, 4) is 0 Å². The van der Waals surface area contributed by atoms with Gasteiger partial charge in [0.25, 0.3) is 0 Å². The van der Waals surface area contributed by atoms with Crippen LogP contribution in [0.2, 0.25) is 0 Å². The van der Waals surface area contributed by atoms with Gasteiger partial charge in [0.2, 0.25) is 0 Å². The fourth-order valence-electron chi connectivity index (χ4n) is 1.49. The summed E-state index contributed by atoms with van der Waals surface area (Å²) in [7, 11) is 0. The van der Waals surface area contributed by atoms with Crippen LogP contribution in [0.15, 0.2) is 0 Å². The quantitative estimate of drug-likeness (QED) is 0.533. The van der Waals surface area contributed by atoms with Crippen molar-refractivity contribution >= 4 is 18.0 Å². The molecular weight excluding hydrogens is 245 g/mol. The van der Waals surface area contributed by atoms with E-state index in [1.807, 2.05) is 0 Å². The Morgan fingerprint density at radius 3 is 2.35 bits per heavy atom. The molecule has 9 heteroatoms. The second-order valence-electron chi connectivity index (χ2n) is 3.40. The van der Waals surface area contributed by atoms with E-state index in [9.17, 15) is 27.6 Å². The van der Waals surface area contributed by atoms with Gasteiger partial charge >= 0.3 is 24.1 Å². The van der Waals surface area contributed by atoms with Gasteiger partial charge in [0, 0.05) is 6.54 Å². The summed E-state index contributed by atoms with van der Waals surface area (Å²) >= 11 is 0. The molecule has 96 valence electrons. The highest BCUT2D eigenvalue weighted by molar-refractivity contribution is 5.92. The topological polar surface area (TPSA) is 89.7 Å². The lowest BCUT2D eigenvalue weighted by Gasteiger charge is -2.20. The molecule has 0 bridgehead atoms. The van der Waals surface area contributed by atoms with Crippen molar-refractivity contribution in [1.82, 2.24) is 4.90 Å². The van der Waals surface area contributed by atoms with E-state index in [0.717, 1.165) is 4.90 Å². The summed E-state index contributed by atoms with van der Waals surface area (Å²) in [5, 5.41) is 0. The Balaban J connectivity index is 2.65. The molecule has 1 saturated heterocycles. The number of urea groups is 1. The Hall–Kier alpha value is -1.80. The van der Waals surface area contributed by atoms with Crippen molar-refractivity contribution in [2.75, 3.05) is 6.54 Å². The molecule has 1 heterocycles. The molecule has 1 rings (SSSR count). The molecule has 0 spiro atoms. The van der Waals surface area contributed by atoms with Crippen LogP contribution >= 0.6 is 0 Å². The molecule has 0 aromatic rings. The third-order valence-corrected chi connectivity index (χ3v) is 2.23. The number of ether oxygens (including phenoxy) is 1. The SMILES string of the molecule is NC(=O)N1CCC[C@H]1C(=O)OC(=O)C(F)(F)F. The van der Waals surface area contributed by atoms with Crippen LogP contribution in [0.1, 0.15) is 12.8 Å². The first-order valence-electron chi connectivity index (χ1n) is 4.62. The van der Waals surface area contributed by atoms with Crippen LogP contribution < -0.4 is 5.73 Å². The third-order valence-electron chi connectivity index (χ3n) is 2.23. The van der Waals surface area contributed by atoms with Crippen molar-refractivity contribution in [1.29, 1.82) is 0 Å². The normalized spacial score (nSPS) is 20.2. The van der Waals surface area contributed by atoms with E-state index in [0.29, 0.717) is 6.42 Å². The Labute approximate surface area is 93.5 Å². The number of primary amides is 1. The van der Waals surface area contributed by atoms with Gasteiger partial charge in [-0.15, -0.1) is 0 Å². The van der Waals surface area contributed by atoms with Gasteiger partial charge in [0.1, 0.15) is 6.04 Å². The molecule has 1 aliphatic rings. The molecule has 0 aromatic heterocycles. The smallest absolute Gasteiger partial charge is 0.385 e. The Morgan fingerprint density at radius 1 is 1.29 bits per heavy atom. The van der Waals surface area contributed by atoms with Crippen LogP contribution in [-0.4, -0.2) is 41.6 Å². The maximum absolute atomic E-state index is 11.8. The second kappa shape index (κ2) is 4.60. The molecule has 2 amide bonds. The zero-order chi connectivity index (χ0) is 13.2. The van der Waals surface area contributed by atoms with E-state index in [1.165, 1.54) is 0 Å². The van der Waals surface area contributed by atoms with Gasteiger partial charge in [-0.3, -0.25) is 0 Å². The van der Waals surface area contributed by atoms with Crippen molar-refractivity contribution in [3.05, 3.63) is 0 Å². The summed E-state index contributed by atoms with van der Waals surface area (Å²) in [6.45, 7) is 0.148. The zero-order valence-electron chi connectivity index (χ0n) is 8.49. The van der Waals surface area contributed by atoms with E-state index in [1.54, 1.807) is 0 Å². The number of alkyl halides is 3. The summed E-state index contributed by atoms with van der Waals surface area (Å²) in [4.78, 5) is 33.3. The maximum atomic E-state index is 11.8. The molecule has 1 aliphatic heterocycles. The van der Waals surface area contributed by atoms with E-state index >= 15 is 0 Å². The van der Waals surface area contributed by atoms with Crippen LogP contribution in [0, 0.1) is 0 Å². The van der Waals surface area contributed by atoms with E-state index < -0.39 is 30.2 Å². The van der Waals surface area contributed by atoms with Gasteiger partial charge < -0.3 is 15.4 Å². The van der Waals surface area contributed by atoms with E-state index in [2.05, 4.69) is 4.74 Å². The minimum Gasteiger partial charge on any atom is -0.385 e. The Bertz CT molecular complexity index is 355. The molecule has 0 aromatic carbocycles. The van der Waals surface area contributed by atoms with Gasteiger partial charge in [-0.2, -0.15) is 13.2 Å². The fourth-order valence-corrected chi connectivity index (χ4v) is 1.49. The van der Waals surface area contributed by atoms with Crippen LogP contribution in [-0.2, 0) is 14.3 Å². The second-order valence-corrected chi connectivity index (χ2v) is 3.40. The predicted octanol–water partition coefficient (Wildman–Crippen LogP) is 0.162. The first-order chi connectivity index (χ1) is 7.73. The number of amides is 2. The van der Waals surface area contributed by atoms with Crippen molar-refractivity contribution in [2.24, 2.45) is 5.73 Å². The molecule has 0 unspecified atom stereocenters. The van der Waals surface area contributed by atoms with Crippen LogP contribution in [0.3, 0.4) is 0 Å². The molecule has 1 atom stereocenters. The lowest BCUT2D eigenvalue weighted by Crippen LogP contribution is -2.45. The molecule has 0 aliphatic carbocycles. The van der Waals surface area contributed by atoms with Gasteiger partial charge in [-0.25, -0.2) is 14.4 Å². The first-order valence-corrected chi connectivity index (χ1v) is 4.62. The lowest BCUT2D eigenvalue weighted by atomic mass is 10.2. The number of rotatable bonds is 1. The number of nitrogens with two attached hydrogens (primary N) is 1. The minimum absolute atomic E-state index is 0.118. The largest absolute Gasteiger partial charge is 0.491 e. The Kier molecular flexibility index (Phi) is 3.59. The molecule has 0 radical (unpaired) electrons. The molecule has 6 nitrogen and oxygen atoms in total. The summed E-state index contributed by atoms with van der Waals surface area (Å²) in [6.07, 6.45) is -4.72. The predicted molar refractivity (Wildman–Crippen MR) is 46.5 cm³/mol. The van der Waals surface area contributed by atoms with Gasteiger partial charge in [-0.05, 0) is 12.8 Å². The average Bonchev–Trinajstić information content (AvgIpc) is 2.63. The number of hydrogen-bond acceptors (Lipinski definition) is 4. The number of esters is 2. The van der Waals surface area contributed by atoms with Crippen molar-refractivity contribution in [3.63, 3.8) is 0 Å². The van der Waals surface area contributed by atoms with E-state index in [-0.39, 0.29) is 13.0 Å². The summed E-state index contributed by atoms with van der Waals surface area (Å²) in [5.74, 6) is -4.01. The number of hydrogen-bond donors (Lipinski definition) is 1. The zero-order valence-corrected chi connectivity index (χ0v) is 8.49. The summed E-state index contributed by atoms with van der Waals surface area (Å²) in [6, 6.07) is -2.16. The maximum Gasteiger partial charge on any atom is 0.491 e. The van der Waals surface area contributed by atoms with E-state index in [4.69, 9.17) is 5.73 Å². The van der Waals surface area contributed by atoms with Gasteiger partial charge in [0.05, 0.1) is 0 Å². The lowest BCUT2D eigenvalue weighted by molar-refractivity contribution is -0.202. The van der Waals surface area contributed by atoms with Crippen LogP contribution in [0.25, 0.3) is 0 Å². The van der Waals surface area contributed by atoms with Gasteiger partial charge in [-0.1, -0.05) is 0 Å². The van der Waals surface area contributed by atoms with Gasteiger partial charge in [0.15, 0.2) is 0 Å². The highest BCUT2D eigenvalue weighted by Gasteiger charge is 2.45. The number of carbonyl (C=O) groups is 3. The number of carbonyl (C=O) groups excluding carboxylic acids is 3. The minimum atomic E-state index is -5.24. The molecule has 17 heavy (non-hydrogen) atoms. The summed E-state index contributed by atoms with van der Waals surface area (Å²) in [5.41, 5.74) is 4.91. The third kappa shape index (κ3) is 3.08. The van der Waals surface area contributed by atoms with Crippen LogP contribution in [0.5, 0.6) is 0 Å². The molecule has 1 fully saturated rings. The van der Waals surface area contributed by atoms with Crippen molar-refractivity contribution in [2.45, 2.75) is 25.1 Å². The monoisotopic (exact) mass is 254 g/mol. The molecule has 0 saturated carbocycles. The summed E-state index contributed by atoms with van der Waals surface area (Å²) < 4.78 is 39.1. The molecule has 2 N–H and O–H groups in total. The fraction of sp³-hybridized carbons (Fsp3) is 0.625. The highest BCUT2D eigenvalue weighted by Crippen LogP contribution is 2.21. The molecular formula is C8H9F3N2O4. The standard InChI is InChI=1S/C8H9F3N2O4/c9-8(10,11)6(15)17-5(14)4-2-1-3-13(4)7(12)16/h4H,1-3H2,(H2,12,16)/t4-/m0/s1. The van der Waals surface area contributed by atoms with Crippen molar-refractivity contribution < 1.29 is 32.3 Å².